The molecule has 0 aromatic heterocycles. The van der Waals surface area contributed by atoms with Gasteiger partial charge in [-0.25, -0.2) is 4.79 Å². The number of ether oxygens (including phenoxy) is 3. The van der Waals surface area contributed by atoms with Crippen LogP contribution < -0.4 is 4.74 Å². The number of carbonyl (C=O) groups excluding carboxylic acids is 1. The fourth-order valence-electron chi connectivity index (χ4n) is 4.07. The molecule has 0 unspecified atom stereocenters. The van der Waals surface area contributed by atoms with Crippen LogP contribution in [-0.4, -0.2) is 47.5 Å². The maximum Gasteiger partial charge on any atom is 0.415 e. The second kappa shape index (κ2) is 14.3. The van der Waals surface area contributed by atoms with E-state index < -0.39 is 6.10 Å². The minimum absolute atomic E-state index is 0.0491. The smallest absolute Gasteiger partial charge is 0.415 e. The Bertz CT molecular complexity index is 708. The van der Waals surface area contributed by atoms with Gasteiger partial charge < -0.3 is 24.2 Å². The number of carbonyl (C=O) groups is 1. The van der Waals surface area contributed by atoms with Crippen molar-refractivity contribution in [2.24, 2.45) is 17.8 Å². The lowest BCUT2D eigenvalue weighted by Gasteiger charge is -2.34. The second-order valence-corrected chi connectivity index (χ2v) is 9.53. The molecule has 1 aromatic carbocycles. The normalized spacial score (nSPS) is 16.5. The lowest BCUT2D eigenvalue weighted by Crippen LogP contribution is -2.41. The molecule has 1 rings (SSSR count). The third-order valence-corrected chi connectivity index (χ3v) is 6.28. The van der Waals surface area contributed by atoms with Crippen LogP contribution in [0.5, 0.6) is 5.75 Å². The summed E-state index contributed by atoms with van der Waals surface area (Å²) in [5, 5.41) is 11.0. The SMILES string of the molecule is CC[C@@H](C)[C@@H](OCc1ccc(OC)cc1)[C@H](C)[C@H](O)[C@H](C)/C=C\OC(=O)N(C(C)C)C(C)C. The third kappa shape index (κ3) is 9.01. The summed E-state index contributed by atoms with van der Waals surface area (Å²) in [5.74, 6) is 0.798. The van der Waals surface area contributed by atoms with Gasteiger partial charge in [-0.05, 0) is 57.4 Å². The maximum absolute atomic E-state index is 12.4. The van der Waals surface area contributed by atoms with Crippen molar-refractivity contribution < 1.29 is 24.1 Å². The molecular formula is C27H45NO5. The molecule has 0 saturated heterocycles. The fraction of sp³-hybridized carbons (Fsp3) is 0.667. The van der Waals surface area contributed by atoms with Crippen molar-refractivity contribution in [3.8, 4) is 5.75 Å². The van der Waals surface area contributed by atoms with E-state index in [2.05, 4.69) is 13.8 Å². The number of nitrogens with zero attached hydrogens (tertiary/aromatic N) is 1. The van der Waals surface area contributed by atoms with Gasteiger partial charge in [-0.1, -0.05) is 46.2 Å². The molecule has 0 bridgehead atoms. The fourth-order valence-corrected chi connectivity index (χ4v) is 4.07. The lowest BCUT2D eigenvalue weighted by molar-refractivity contribution is -0.0732. The molecule has 33 heavy (non-hydrogen) atoms. The Morgan fingerprint density at radius 3 is 2.09 bits per heavy atom. The van der Waals surface area contributed by atoms with Gasteiger partial charge in [0.1, 0.15) is 5.75 Å². The Balaban J connectivity index is 2.76. The van der Waals surface area contributed by atoms with Crippen molar-refractivity contribution >= 4 is 6.09 Å². The monoisotopic (exact) mass is 463 g/mol. The number of hydrogen-bond acceptors (Lipinski definition) is 5. The number of hydrogen-bond donors (Lipinski definition) is 1. The minimum atomic E-state index is -0.638. The Morgan fingerprint density at radius 2 is 1.61 bits per heavy atom. The Labute approximate surface area is 200 Å². The number of amides is 1. The van der Waals surface area contributed by atoms with Crippen LogP contribution >= 0.6 is 0 Å². The van der Waals surface area contributed by atoms with E-state index in [0.29, 0.717) is 6.61 Å². The first kappa shape index (κ1) is 29.0. The quantitative estimate of drug-likeness (QED) is 0.362. The summed E-state index contributed by atoms with van der Waals surface area (Å²) in [6.45, 7) is 16.5. The Kier molecular flexibility index (Phi) is 12.5. The van der Waals surface area contributed by atoms with Crippen molar-refractivity contribution in [3.63, 3.8) is 0 Å². The van der Waals surface area contributed by atoms with E-state index in [1.807, 2.05) is 65.8 Å². The minimum Gasteiger partial charge on any atom is -0.497 e. The van der Waals surface area contributed by atoms with Crippen molar-refractivity contribution in [2.45, 2.75) is 92.7 Å². The first-order valence-corrected chi connectivity index (χ1v) is 12.1. The van der Waals surface area contributed by atoms with E-state index in [-0.39, 0.29) is 42.0 Å². The predicted molar refractivity (Wildman–Crippen MR) is 133 cm³/mol. The van der Waals surface area contributed by atoms with E-state index in [0.717, 1.165) is 17.7 Å². The van der Waals surface area contributed by atoms with Crippen LogP contribution in [0.15, 0.2) is 36.6 Å². The molecule has 0 heterocycles. The molecule has 188 valence electrons. The van der Waals surface area contributed by atoms with Gasteiger partial charge in [-0.15, -0.1) is 0 Å². The van der Waals surface area contributed by atoms with Gasteiger partial charge in [0, 0.05) is 23.9 Å². The molecule has 6 heteroatoms. The molecule has 0 aliphatic rings. The standard InChI is InChI=1S/C27H45NO5/c1-10-20(6)26(33-17-23-11-13-24(31-9)14-12-23)22(8)25(29)21(7)15-16-32-27(30)28(18(2)3)19(4)5/h11-16,18-22,25-26,29H,10,17H2,1-9H3/b16-15-/t20-,21-,22-,25-,26-/m1/s1. The van der Waals surface area contributed by atoms with E-state index in [9.17, 15) is 9.90 Å². The van der Waals surface area contributed by atoms with E-state index in [1.165, 1.54) is 6.26 Å². The molecule has 0 aliphatic heterocycles. The maximum atomic E-state index is 12.4. The van der Waals surface area contributed by atoms with Crippen LogP contribution in [0.2, 0.25) is 0 Å². The van der Waals surface area contributed by atoms with Crippen molar-refractivity contribution in [1.82, 2.24) is 4.90 Å². The average Bonchev–Trinajstić information content (AvgIpc) is 2.77. The number of rotatable bonds is 13. The van der Waals surface area contributed by atoms with Crippen molar-refractivity contribution in [1.29, 1.82) is 0 Å². The topological polar surface area (TPSA) is 68.2 Å². The molecule has 1 amide bonds. The van der Waals surface area contributed by atoms with Gasteiger partial charge in [-0.2, -0.15) is 0 Å². The van der Waals surface area contributed by atoms with Gasteiger partial charge in [0.15, 0.2) is 0 Å². The van der Waals surface area contributed by atoms with Crippen LogP contribution in [0.4, 0.5) is 4.79 Å². The van der Waals surface area contributed by atoms with Crippen LogP contribution in [0.3, 0.4) is 0 Å². The average molecular weight is 464 g/mol. The molecule has 1 N–H and O–H groups in total. The van der Waals surface area contributed by atoms with Gasteiger partial charge in [0.25, 0.3) is 0 Å². The van der Waals surface area contributed by atoms with Crippen LogP contribution in [-0.2, 0) is 16.1 Å². The van der Waals surface area contributed by atoms with Crippen molar-refractivity contribution in [2.75, 3.05) is 7.11 Å². The summed E-state index contributed by atoms with van der Waals surface area (Å²) in [4.78, 5) is 14.1. The predicted octanol–water partition coefficient (Wildman–Crippen LogP) is 6.03. The summed E-state index contributed by atoms with van der Waals surface area (Å²) in [7, 11) is 1.65. The molecular weight excluding hydrogens is 418 g/mol. The highest BCUT2D eigenvalue weighted by atomic mass is 16.5. The molecule has 0 fully saturated rings. The highest BCUT2D eigenvalue weighted by Crippen LogP contribution is 2.27. The van der Waals surface area contributed by atoms with Gasteiger partial charge in [0.05, 0.1) is 32.2 Å². The first-order chi connectivity index (χ1) is 15.5. The largest absolute Gasteiger partial charge is 0.497 e. The number of methoxy groups -OCH3 is 1. The summed E-state index contributed by atoms with van der Waals surface area (Å²) in [5.41, 5.74) is 1.06. The van der Waals surface area contributed by atoms with Gasteiger partial charge in [0.2, 0.25) is 0 Å². The summed E-state index contributed by atoms with van der Waals surface area (Å²) < 4.78 is 16.8. The Morgan fingerprint density at radius 1 is 1.03 bits per heavy atom. The van der Waals surface area contributed by atoms with E-state index in [1.54, 1.807) is 18.1 Å². The second-order valence-electron chi connectivity index (χ2n) is 9.53. The van der Waals surface area contributed by atoms with Crippen molar-refractivity contribution in [3.05, 3.63) is 42.2 Å². The molecule has 6 nitrogen and oxygen atoms in total. The molecule has 0 aliphatic carbocycles. The summed E-state index contributed by atoms with van der Waals surface area (Å²) >= 11 is 0. The Hall–Kier alpha value is -2.05. The zero-order valence-electron chi connectivity index (χ0n) is 21.9. The summed E-state index contributed by atoms with van der Waals surface area (Å²) in [6, 6.07) is 7.92. The van der Waals surface area contributed by atoms with Gasteiger partial charge >= 0.3 is 6.09 Å². The highest BCUT2D eigenvalue weighted by molar-refractivity contribution is 5.68. The number of benzene rings is 1. The molecule has 0 saturated carbocycles. The number of aliphatic hydroxyl groups is 1. The number of aliphatic hydroxyl groups excluding tert-OH is 1. The zero-order valence-corrected chi connectivity index (χ0v) is 21.9. The lowest BCUT2D eigenvalue weighted by atomic mass is 9.83. The molecule has 1 aromatic rings. The van der Waals surface area contributed by atoms with E-state index in [4.69, 9.17) is 14.2 Å². The third-order valence-electron chi connectivity index (χ3n) is 6.28. The molecule has 5 atom stereocenters. The van der Waals surface area contributed by atoms with Crippen LogP contribution in [0, 0.1) is 17.8 Å². The van der Waals surface area contributed by atoms with Crippen LogP contribution in [0.1, 0.15) is 67.4 Å². The van der Waals surface area contributed by atoms with Crippen LogP contribution in [0.25, 0.3) is 0 Å². The van der Waals surface area contributed by atoms with E-state index >= 15 is 0 Å². The molecule has 0 spiro atoms. The summed E-state index contributed by atoms with van der Waals surface area (Å²) in [6.07, 6.45) is 2.97. The zero-order chi connectivity index (χ0) is 25.1. The highest BCUT2D eigenvalue weighted by Gasteiger charge is 2.31. The molecule has 0 radical (unpaired) electrons. The first-order valence-electron chi connectivity index (χ1n) is 12.1. The van der Waals surface area contributed by atoms with Gasteiger partial charge in [-0.3, -0.25) is 0 Å².